The minimum atomic E-state index is 0.564. The average Bonchev–Trinajstić information content (AvgIpc) is 3.00. The molecule has 6 heteroatoms. The molecule has 1 aromatic carbocycles. The topological polar surface area (TPSA) is 66.6 Å². The molecule has 0 unspecified atom stereocenters. The van der Waals surface area contributed by atoms with E-state index in [1.807, 2.05) is 28.8 Å². The maximum Gasteiger partial charge on any atom is 0.191 e. The number of aryl methyl sites for hydroxylation is 2. The van der Waals surface area contributed by atoms with Crippen molar-refractivity contribution in [3.05, 3.63) is 65.1 Å². The third kappa shape index (κ3) is 4.35. The van der Waals surface area contributed by atoms with Crippen LogP contribution in [0.1, 0.15) is 22.5 Å². The third-order valence-corrected chi connectivity index (χ3v) is 4.01. The van der Waals surface area contributed by atoms with Crippen molar-refractivity contribution in [2.24, 2.45) is 4.99 Å². The Labute approximate surface area is 148 Å². The van der Waals surface area contributed by atoms with Gasteiger partial charge in [-0.3, -0.25) is 9.39 Å². The molecular weight excluding hydrogens is 312 g/mol. The Hall–Kier alpha value is -2.89. The van der Waals surface area contributed by atoms with Crippen LogP contribution in [-0.2, 0) is 13.0 Å². The van der Waals surface area contributed by atoms with Gasteiger partial charge in [0.05, 0.1) is 6.54 Å². The van der Waals surface area contributed by atoms with Gasteiger partial charge in [-0.15, -0.1) is 10.2 Å². The van der Waals surface area contributed by atoms with Crippen LogP contribution < -0.4 is 10.6 Å². The Morgan fingerprint density at radius 3 is 2.64 bits per heavy atom. The molecule has 0 radical (unpaired) electrons. The van der Waals surface area contributed by atoms with Gasteiger partial charge >= 0.3 is 0 Å². The summed E-state index contributed by atoms with van der Waals surface area (Å²) in [4.78, 5) is 4.27. The van der Waals surface area contributed by atoms with Crippen molar-refractivity contribution in [3.8, 4) is 0 Å². The summed E-state index contributed by atoms with van der Waals surface area (Å²) in [7, 11) is 1.77. The molecule has 130 valence electrons. The van der Waals surface area contributed by atoms with Crippen LogP contribution in [0.25, 0.3) is 5.65 Å². The zero-order valence-corrected chi connectivity index (χ0v) is 15.0. The van der Waals surface area contributed by atoms with E-state index < -0.39 is 0 Å². The highest BCUT2D eigenvalue weighted by Gasteiger charge is 2.05. The third-order valence-electron chi connectivity index (χ3n) is 4.01. The first-order valence-corrected chi connectivity index (χ1v) is 8.46. The zero-order valence-electron chi connectivity index (χ0n) is 15.0. The van der Waals surface area contributed by atoms with Crippen LogP contribution >= 0.6 is 0 Å². The molecule has 0 amide bonds. The number of hydrogen-bond acceptors (Lipinski definition) is 3. The lowest BCUT2D eigenvalue weighted by molar-refractivity contribution is 0.757. The summed E-state index contributed by atoms with van der Waals surface area (Å²) < 4.78 is 1.97. The highest BCUT2D eigenvalue weighted by molar-refractivity contribution is 5.79. The number of aliphatic imine (C=N–C) groups is 1. The average molecular weight is 336 g/mol. The standard InChI is InChI=1S/C19H24N6/c1-14-10-15(2)12-16(11-14)7-8-21-19(20-3)22-13-18-24-23-17-6-4-5-9-25(17)18/h4-6,9-12H,7-8,13H2,1-3H3,(H2,20,21,22). The van der Waals surface area contributed by atoms with Crippen LogP contribution in [0.2, 0.25) is 0 Å². The summed E-state index contributed by atoms with van der Waals surface area (Å²) in [6, 6.07) is 12.5. The van der Waals surface area contributed by atoms with Crippen molar-refractivity contribution in [1.82, 2.24) is 25.2 Å². The molecule has 0 aliphatic heterocycles. The van der Waals surface area contributed by atoms with Gasteiger partial charge in [0.25, 0.3) is 0 Å². The lowest BCUT2D eigenvalue weighted by Gasteiger charge is -2.12. The normalized spacial score (nSPS) is 11.7. The molecule has 2 aromatic heterocycles. The number of nitrogens with zero attached hydrogens (tertiary/aromatic N) is 4. The molecule has 0 aliphatic carbocycles. The highest BCUT2D eigenvalue weighted by Crippen LogP contribution is 2.09. The fourth-order valence-electron chi connectivity index (χ4n) is 2.93. The van der Waals surface area contributed by atoms with Gasteiger partial charge in [-0.1, -0.05) is 35.4 Å². The maximum atomic E-state index is 4.27. The number of nitrogens with one attached hydrogen (secondary N) is 2. The van der Waals surface area contributed by atoms with Crippen molar-refractivity contribution in [1.29, 1.82) is 0 Å². The summed E-state index contributed by atoms with van der Waals surface area (Å²) in [5, 5.41) is 15.0. The minimum Gasteiger partial charge on any atom is -0.356 e. The number of aromatic nitrogens is 3. The zero-order chi connectivity index (χ0) is 17.6. The SMILES string of the molecule is CN=C(NCCc1cc(C)cc(C)c1)NCc1nnc2ccccn12. The van der Waals surface area contributed by atoms with Gasteiger partial charge in [0, 0.05) is 19.8 Å². The molecular formula is C19H24N6. The fourth-order valence-corrected chi connectivity index (χ4v) is 2.93. The second-order valence-electron chi connectivity index (χ2n) is 6.14. The first kappa shape index (κ1) is 17.0. The molecule has 0 fully saturated rings. The molecule has 0 bridgehead atoms. The van der Waals surface area contributed by atoms with E-state index in [4.69, 9.17) is 0 Å². The Kier molecular flexibility index (Phi) is 5.28. The Morgan fingerprint density at radius 1 is 1.08 bits per heavy atom. The van der Waals surface area contributed by atoms with Gasteiger partial charge < -0.3 is 10.6 Å². The molecule has 0 atom stereocenters. The van der Waals surface area contributed by atoms with Crippen LogP contribution in [0.15, 0.2) is 47.6 Å². The lowest BCUT2D eigenvalue weighted by Crippen LogP contribution is -2.38. The van der Waals surface area contributed by atoms with E-state index in [-0.39, 0.29) is 0 Å². The molecule has 2 N–H and O–H groups in total. The molecule has 0 aliphatic rings. The van der Waals surface area contributed by atoms with E-state index in [1.165, 1.54) is 16.7 Å². The summed E-state index contributed by atoms with van der Waals surface area (Å²) in [6.45, 7) is 5.65. The predicted octanol–water partition coefficient (Wildman–Crippen LogP) is 2.25. The highest BCUT2D eigenvalue weighted by atomic mass is 15.3. The molecule has 0 spiro atoms. The largest absolute Gasteiger partial charge is 0.356 e. The Bertz CT molecular complexity index is 860. The first-order valence-electron chi connectivity index (χ1n) is 8.46. The number of guanidine groups is 1. The molecule has 6 nitrogen and oxygen atoms in total. The van der Waals surface area contributed by atoms with E-state index in [2.05, 4.69) is 57.9 Å². The van der Waals surface area contributed by atoms with Crippen molar-refractivity contribution in [2.45, 2.75) is 26.8 Å². The summed E-state index contributed by atoms with van der Waals surface area (Å²) in [5.41, 5.74) is 4.79. The number of hydrogen-bond donors (Lipinski definition) is 2. The molecule has 2 heterocycles. The smallest absolute Gasteiger partial charge is 0.191 e. The van der Waals surface area contributed by atoms with Gasteiger partial charge in [0.2, 0.25) is 0 Å². The van der Waals surface area contributed by atoms with Crippen molar-refractivity contribution in [2.75, 3.05) is 13.6 Å². The summed E-state index contributed by atoms with van der Waals surface area (Å²) in [5.74, 6) is 1.62. The van der Waals surface area contributed by atoms with E-state index in [0.29, 0.717) is 6.54 Å². The molecule has 3 rings (SSSR count). The summed E-state index contributed by atoms with van der Waals surface area (Å²) in [6.07, 6.45) is 2.92. The van der Waals surface area contributed by atoms with Gasteiger partial charge in [-0.05, 0) is 38.0 Å². The van der Waals surface area contributed by atoms with E-state index >= 15 is 0 Å². The van der Waals surface area contributed by atoms with Gasteiger partial charge in [0.15, 0.2) is 17.4 Å². The number of pyridine rings is 1. The van der Waals surface area contributed by atoms with Gasteiger partial charge in [0.1, 0.15) is 0 Å². The number of benzene rings is 1. The molecule has 25 heavy (non-hydrogen) atoms. The second-order valence-corrected chi connectivity index (χ2v) is 6.14. The Balaban J connectivity index is 1.53. The molecule has 3 aromatic rings. The predicted molar refractivity (Wildman–Crippen MR) is 101 cm³/mol. The van der Waals surface area contributed by atoms with Crippen LogP contribution in [0.5, 0.6) is 0 Å². The van der Waals surface area contributed by atoms with E-state index in [9.17, 15) is 0 Å². The van der Waals surface area contributed by atoms with Crippen LogP contribution in [0.4, 0.5) is 0 Å². The summed E-state index contributed by atoms with van der Waals surface area (Å²) >= 11 is 0. The van der Waals surface area contributed by atoms with Crippen LogP contribution in [0.3, 0.4) is 0 Å². The maximum absolute atomic E-state index is 4.27. The second kappa shape index (κ2) is 7.79. The van der Waals surface area contributed by atoms with Gasteiger partial charge in [-0.2, -0.15) is 0 Å². The number of fused-ring (bicyclic) bond motifs is 1. The molecule has 0 saturated heterocycles. The van der Waals surface area contributed by atoms with E-state index in [0.717, 1.165) is 30.4 Å². The van der Waals surface area contributed by atoms with E-state index in [1.54, 1.807) is 7.05 Å². The first-order chi connectivity index (χ1) is 12.2. The van der Waals surface area contributed by atoms with Gasteiger partial charge in [-0.25, -0.2) is 0 Å². The van der Waals surface area contributed by atoms with Crippen LogP contribution in [0, 0.1) is 13.8 Å². The lowest BCUT2D eigenvalue weighted by atomic mass is 10.1. The van der Waals surface area contributed by atoms with Crippen molar-refractivity contribution in [3.63, 3.8) is 0 Å². The monoisotopic (exact) mass is 336 g/mol. The van der Waals surface area contributed by atoms with Crippen LogP contribution in [-0.4, -0.2) is 34.2 Å². The molecule has 0 saturated carbocycles. The quantitative estimate of drug-likeness (QED) is 0.554. The fraction of sp³-hybridized carbons (Fsp3) is 0.316. The van der Waals surface area contributed by atoms with Crippen molar-refractivity contribution >= 4 is 11.6 Å². The Morgan fingerprint density at radius 2 is 1.88 bits per heavy atom. The minimum absolute atomic E-state index is 0.564. The van der Waals surface area contributed by atoms with Crippen molar-refractivity contribution < 1.29 is 0 Å². The number of rotatable bonds is 5.